The van der Waals surface area contributed by atoms with E-state index in [0.717, 1.165) is 39.0 Å². The lowest BCUT2D eigenvalue weighted by Gasteiger charge is -2.38. The highest BCUT2D eigenvalue weighted by Crippen LogP contribution is 2.41. The maximum atomic E-state index is 12.0. The van der Waals surface area contributed by atoms with E-state index in [0.29, 0.717) is 11.5 Å². The van der Waals surface area contributed by atoms with Crippen LogP contribution in [0.25, 0.3) is 0 Å². The van der Waals surface area contributed by atoms with E-state index in [9.17, 15) is 4.79 Å². The lowest BCUT2D eigenvalue weighted by atomic mass is 9.77. The van der Waals surface area contributed by atoms with Crippen LogP contribution in [0.15, 0.2) is 0 Å². The van der Waals surface area contributed by atoms with Crippen LogP contribution >= 0.6 is 0 Å². The van der Waals surface area contributed by atoms with Gasteiger partial charge in [-0.1, -0.05) is 0 Å². The Morgan fingerprint density at radius 1 is 1.33 bits per heavy atom. The number of hydrogen-bond donors (Lipinski definition) is 0. The van der Waals surface area contributed by atoms with Gasteiger partial charge in [0.2, 0.25) is 0 Å². The number of carbonyl (C=O) groups is 1. The van der Waals surface area contributed by atoms with Crippen LogP contribution in [0.2, 0.25) is 0 Å². The van der Waals surface area contributed by atoms with Crippen molar-refractivity contribution in [2.24, 2.45) is 5.41 Å². The SMILES string of the molecule is CC1CC2(CCN(C(=O)OC(C)(C)C)CC2)CO1. The molecule has 2 saturated heterocycles. The van der Waals surface area contributed by atoms with E-state index >= 15 is 0 Å². The van der Waals surface area contributed by atoms with Crippen LogP contribution in [0.3, 0.4) is 0 Å². The second kappa shape index (κ2) is 4.72. The summed E-state index contributed by atoms with van der Waals surface area (Å²) in [6.45, 7) is 10.3. The van der Waals surface area contributed by atoms with Gasteiger partial charge in [-0.25, -0.2) is 4.79 Å². The van der Waals surface area contributed by atoms with Crippen LogP contribution in [0, 0.1) is 5.41 Å². The molecular formula is C14H25NO3. The standard InChI is InChI=1S/C14H25NO3/c1-11-9-14(10-17-11)5-7-15(8-6-14)12(16)18-13(2,3)4/h11H,5-10H2,1-4H3. The van der Waals surface area contributed by atoms with Gasteiger partial charge in [0, 0.05) is 13.1 Å². The van der Waals surface area contributed by atoms with Crippen LogP contribution in [0.4, 0.5) is 4.79 Å². The number of amides is 1. The topological polar surface area (TPSA) is 38.8 Å². The summed E-state index contributed by atoms with van der Waals surface area (Å²) >= 11 is 0. The van der Waals surface area contributed by atoms with Crippen molar-refractivity contribution < 1.29 is 14.3 Å². The fourth-order valence-electron chi connectivity index (χ4n) is 2.89. The zero-order valence-corrected chi connectivity index (χ0v) is 12.0. The smallest absolute Gasteiger partial charge is 0.410 e. The molecule has 0 saturated carbocycles. The van der Waals surface area contributed by atoms with Gasteiger partial charge in [-0.15, -0.1) is 0 Å². The molecule has 2 fully saturated rings. The van der Waals surface area contributed by atoms with Crippen molar-refractivity contribution in [2.45, 2.75) is 58.7 Å². The third-order valence-corrected chi connectivity index (χ3v) is 3.87. The van der Waals surface area contributed by atoms with Crippen molar-refractivity contribution in [3.63, 3.8) is 0 Å². The van der Waals surface area contributed by atoms with Crippen molar-refractivity contribution in [1.82, 2.24) is 4.90 Å². The van der Waals surface area contributed by atoms with Crippen LogP contribution in [0.1, 0.15) is 47.0 Å². The zero-order chi connectivity index (χ0) is 13.4. The molecule has 1 unspecified atom stereocenters. The van der Waals surface area contributed by atoms with Crippen LogP contribution in [-0.4, -0.2) is 42.4 Å². The number of rotatable bonds is 0. The van der Waals surface area contributed by atoms with Crippen molar-refractivity contribution in [3.05, 3.63) is 0 Å². The summed E-state index contributed by atoms with van der Waals surface area (Å²) in [4.78, 5) is 13.8. The third-order valence-electron chi connectivity index (χ3n) is 3.87. The van der Waals surface area contributed by atoms with Gasteiger partial charge in [-0.2, -0.15) is 0 Å². The molecule has 1 atom stereocenters. The molecule has 18 heavy (non-hydrogen) atoms. The van der Waals surface area contributed by atoms with Gasteiger partial charge >= 0.3 is 6.09 Å². The molecule has 2 rings (SSSR count). The molecule has 2 aliphatic heterocycles. The Morgan fingerprint density at radius 3 is 2.39 bits per heavy atom. The number of nitrogens with zero attached hydrogens (tertiary/aromatic N) is 1. The van der Waals surface area contributed by atoms with E-state index in [2.05, 4.69) is 6.92 Å². The molecule has 4 heteroatoms. The summed E-state index contributed by atoms with van der Waals surface area (Å²) in [5.74, 6) is 0. The number of ether oxygens (including phenoxy) is 2. The maximum Gasteiger partial charge on any atom is 0.410 e. The van der Waals surface area contributed by atoms with Gasteiger partial charge in [-0.05, 0) is 52.4 Å². The minimum atomic E-state index is -0.406. The summed E-state index contributed by atoms with van der Waals surface area (Å²) in [6.07, 6.45) is 3.41. The van der Waals surface area contributed by atoms with E-state index in [1.54, 1.807) is 0 Å². The second-order valence-corrected chi connectivity index (χ2v) is 6.79. The average molecular weight is 255 g/mol. The first-order chi connectivity index (χ1) is 8.30. The quantitative estimate of drug-likeness (QED) is 0.668. The predicted octanol–water partition coefficient (Wildman–Crippen LogP) is 2.81. The molecule has 1 spiro atoms. The first kappa shape index (κ1) is 13.7. The van der Waals surface area contributed by atoms with Crippen molar-refractivity contribution in [1.29, 1.82) is 0 Å². The maximum absolute atomic E-state index is 12.0. The van der Waals surface area contributed by atoms with Gasteiger partial charge in [0.15, 0.2) is 0 Å². The van der Waals surface area contributed by atoms with Gasteiger partial charge in [0.05, 0.1) is 12.7 Å². The summed E-state index contributed by atoms with van der Waals surface area (Å²) in [5, 5.41) is 0. The van der Waals surface area contributed by atoms with Gasteiger partial charge < -0.3 is 14.4 Å². The molecule has 0 radical (unpaired) electrons. The zero-order valence-electron chi connectivity index (χ0n) is 12.0. The fraction of sp³-hybridized carbons (Fsp3) is 0.929. The molecule has 0 aromatic heterocycles. The largest absolute Gasteiger partial charge is 0.444 e. The Labute approximate surface area is 110 Å². The van der Waals surface area contributed by atoms with E-state index in [4.69, 9.17) is 9.47 Å². The lowest BCUT2D eigenvalue weighted by molar-refractivity contribution is 0.00800. The molecule has 0 aromatic rings. The molecule has 2 aliphatic rings. The molecule has 0 aromatic carbocycles. The summed E-state index contributed by atoms with van der Waals surface area (Å²) < 4.78 is 11.1. The number of piperidine rings is 1. The monoisotopic (exact) mass is 255 g/mol. The summed E-state index contributed by atoms with van der Waals surface area (Å²) in [6, 6.07) is 0. The minimum Gasteiger partial charge on any atom is -0.444 e. The second-order valence-electron chi connectivity index (χ2n) is 6.79. The first-order valence-electron chi connectivity index (χ1n) is 6.89. The molecule has 0 N–H and O–H groups in total. The number of hydrogen-bond acceptors (Lipinski definition) is 3. The summed E-state index contributed by atoms with van der Waals surface area (Å²) in [7, 11) is 0. The Bertz CT molecular complexity index is 313. The third kappa shape index (κ3) is 3.16. The Kier molecular flexibility index (Phi) is 3.58. The molecule has 4 nitrogen and oxygen atoms in total. The molecule has 2 heterocycles. The highest BCUT2D eigenvalue weighted by atomic mass is 16.6. The van der Waals surface area contributed by atoms with Crippen molar-refractivity contribution >= 4 is 6.09 Å². The first-order valence-corrected chi connectivity index (χ1v) is 6.89. The van der Waals surface area contributed by atoms with E-state index < -0.39 is 5.60 Å². The fourth-order valence-corrected chi connectivity index (χ4v) is 2.89. The van der Waals surface area contributed by atoms with Crippen LogP contribution < -0.4 is 0 Å². The predicted molar refractivity (Wildman–Crippen MR) is 69.5 cm³/mol. The normalized spacial score (nSPS) is 27.6. The molecule has 0 aliphatic carbocycles. The van der Waals surface area contributed by atoms with Crippen LogP contribution in [0.5, 0.6) is 0 Å². The van der Waals surface area contributed by atoms with Crippen molar-refractivity contribution in [3.8, 4) is 0 Å². The average Bonchev–Trinajstić information content (AvgIpc) is 2.58. The Hall–Kier alpha value is -0.770. The molecule has 1 amide bonds. The van der Waals surface area contributed by atoms with E-state index in [-0.39, 0.29) is 6.09 Å². The molecule has 0 bridgehead atoms. The Balaban J connectivity index is 1.85. The summed E-state index contributed by atoms with van der Waals surface area (Å²) in [5.41, 5.74) is -0.0882. The Morgan fingerprint density at radius 2 is 1.94 bits per heavy atom. The lowest BCUT2D eigenvalue weighted by Crippen LogP contribution is -2.45. The number of carbonyl (C=O) groups excluding carboxylic acids is 1. The van der Waals surface area contributed by atoms with Crippen molar-refractivity contribution in [2.75, 3.05) is 19.7 Å². The number of likely N-dealkylation sites (tertiary alicyclic amines) is 1. The van der Waals surface area contributed by atoms with Gasteiger partial charge in [0.25, 0.3) is 0 Å². The molecule has 104 valence electrons. The minimum absolute atomic E-state index is 0.177. The molecular weight excluding hydrogens is 230 g/mol. The van der Waals surface area contributed by atoms with E-state index in [1.165, 1.54) is 0 Å². The van der Waals surface area contributed by atoms with E-state index in [1.807, 2.05) is 25.7 Å². The van der Waals surface area contributed by atoms with Crippen LogP contribution in [-0.2, 0) is 9.47 Å². The van der Waals surface area contributed by atoms with Gasteiger partial charge in [-0.3, -0.25) is 0 Å². The highest BCUT2D eigenvalue weighted by Gasteiger charge is 2.42. The van der Waals surface area contributed by atoms with Gasteiger partial charge in [0.1, 0.15) is 5.60 Å². The highest BCUT2D eigenvalue weighted by molar-refractivity contribution is 5.68.